The molecule has 1 unspecified atom stereocenters. The number of hydrazine groups is 1. The maximum atomic E-state index is 11.3. The Labute approximate surface area is 98.9 Å². The smallest absolute Gasteiger partial charge is 0.234 e. The lowest BCUT2D eigenvalue weighted by Gasteiger charge is -2.12. The summed E-state index contributed by atoms with van der Waals surface area (Å²) in [5.74, 6) is 0.996. The topological polar surface area (TPSA) is 35.6 Å². The third kappa shape index (κ3) is 5.47. The first kappa shape index (κ1) is 13.5. The molecule has 1 saturated heterocycles. The third-order valence-electron chi connectivity index (χ3n) is 3.10. The molecule has 0 aromatic carbocycles. The van der Waals surface area contributed by atoms with E-state index in [1.807, 2.05) is 14.1 Å². The van der Waals surface area contributed by atoms with Crippen LogP contribution in [0.25, 0.3) is 0 Å². The van der Waals surface area contributed by atoms with E-state index in [1.54, 1.807) is 5.01 Å². The van der Waals surface area contributed by atoms with Crippen LogP contribution < -0.4 is 5.43 Å². The van der Waals surface area contributed by atoms with Gasteiger partial charge in [0, 0.05) is 27.1 Å². The normalized spacial score (nSPS) is 21.6. The van der Waals surface area contributed by atoms with Gasteiger partial charge in [-0.1, -0.05) is 6.42 Å². The van der Waals surface area contributed by atoms with Crippen LogP contribution in [0, 0.1) is 5.92 Å². The van der Waals surface area contributed by atoms with Crippen molar-refractivity contribution in [3.8, 4) is 0 Å². The Kier molecular flexibility index (Phi) is 5.77. The highest BCUT2D eigenvalue weighted by atomic mass is 16.2. The van der Waals surface area contributed by atoms with Crippen molar-refractivity contribution < 1.29 is 4.79 Å². The summed E-state index contributed by atoms with van der Waals surface area (Å²) in [4.78, 5) is 13.7. The van der Waals surface area contributed by atoms with Gasteiger partial charge in [-0.3, -0.25) is 10.2 Å². The van der Waals surface area contributed by atoms with Crippen LogP contribution in [0.3, 0.4) is 0 Å². The number of nitrogens with one attached hydrogen (secondary N) is 1. The van der Waals surface area contributed by atoms with Gasteiger partial charge in [0.1, 0.15) is 0 Å². The lowest BCUT2D eigenvalue weighted by Crippen LogP contribution is -2.35. The summed E-state index contributed by atoms with van der Waals surface area (Å²) in [5.41, 5.74) is 2.76. The molecular formula is C12H25N3O. The minimum absolute atomic E-state index is 0.133. The molecule has 1 aliphatic heterocycles. The maximum Gasteiger partial charge on any atom is 0.234 e. The fourth-order valence-corrected chi connectivity index (χ4v) is 2.29. The molecule has 0 aliphatic carbocycles. The second-order valence-electron chi connectivity index (χ2n) is 5.09. The van der Waals surface area contributed by atoms with E-state index in [4.69, 9.17) is 0 Å². The number of carbonyl (C=O) groups excluding carboxylic acids is 1. The largest absolute Gasteiger partial charge is 0.306 e. The molecule has 4 nitrogen and oxygen atoms in total. The van der Waals surface area contributed by atoms with Gasteiger partial charge in [0.05, 0.1) is 0 Å². The van der Waals surface area contributed by atoms with Crippen LogP contribution in [-0.2, 0) is 4.79 Å². The molecule has 4 heteroatoms. The first-order valence-electron chi connectivity index (χ1n) is 6.23. The van der Waals surface area contributed by atoms with Gasteiger partial charge >= 0.3 is 0 Å². The number of amides is 1. The number of rotatable bonds is 6. The van der Waals surface area contributed by atoms with Gasteiger partial charge in [-0.25, -0.2) is 5.01 Å². The first-order chi connectivity index (χ1) is 7.58. The van der Waals surface area contributed by atoms with Crippen LogP contribution >= 0.6 is 0 Å². The van der Waals surface area contributed by atoms with Gasteiger partial charge in [0.15, 0.2) is 0 Å². The van der Waals surface area contributed by atoms with Gasteiger partial charge in [0.2, 0.25) is 5.91 Å². The van der Waals surface area contributed by atoms with Crippen molar-refractivity contribution >= 4 is 5.91 Å². The Balaban J connectivity index is 1.97. The van der Waals surface area contributed by atoms with Crippen molar-refractivity contribution in [3.63, 3.8) is 0 Å². The molecule has 94 valence electrons. The minimum Gasteiger partial charge on any atom is -0.306 e. The fourth-order valence-electron chi connectivity index (χ4n) is 2.29. The number of likely N-dealkylation sites (tertiary alicyclic amines) is 1. The van der Waals surface area contributed by atoms with Crippen molar-refractivity contribution in [2.45, 2.75) is 32.1 Å². The molecule has 1 fully saturated rings. The van der Waals surface area contributed by atoms with E-state index in [1.165, 1.54) is 32.4 Å². The van der Waals surface area contributed by atoms with E-state index in [9.17, 15) is 4.79 Å². The Hall–Kier alpha value is -0.610. The highest BCUT2D eigenvalue weighted by Gasteiger charge is 2.18. The number of hydrogen-bond donors (Lipinski definition) is 1. The second kappa shape index (κ2) is 6.86. The zero-order valence-electron chi connectivity index (χ0n) is 10.8. The summed E-state index contributed by atoms with van der Waals surface area (Å²) >= 11 is 0. The lowest BCUT2D eigenvalue weighted by atomic mass is 10.0. The summed E-state index contributed by atoms with van der Waals surface area (Å²) in [5, 5.41) is 1.70. The monoisotopic (exact) mass is 227 g/mol. The predicted octanol–water partition coefficient (Wildman–Crippen LogP) is 1.09. The minimum atomic E-state index is 0.133. The van der Waals surface area contributed by atoms with E-state index in [0.29, 0.717) is 6.42 Å². The summed E-state index contributed by atoms with van der Waals surface area (Å²) in [7, 11) is 5.86. The average Bonchev–Trinajstić information content (AvgIpc) is 2.58. The molecule has 1 heterocycles. The van der Waals surface area contributed by atoms with E-state index in [2.05, 4.69) is 17.4 Å². The Morgan fingerprint density at radius 3 is 2.75 bits per heavy atom. The van der Waals surface area contributed by atoms with Gasteiger partial charge in [-0.15, -0.1) is 0 Å². The van der Waals surface area contributed by atoms with Crippen molar-refractivity contribution in [3.05, 3.63) is 0 Å². The van der Waals surface area contributed by atoms with Crippen LogP contribution in [0.2, 0.25) is 0 Å². The lowest BCUT2D eigenvalue weighted by molar-refractivity contribution is -0.124. The molecule has 1 N–H and O–H groups in total. The van der Waals surface area contributed by atoms with Crippen molar-refractivity contribution in [2.24, 2.45) is 5.92 Å². The number of hydrogen-bond acceptors (Lipinski definition) is 3. The first-order valence-corrected chi connectivity index (χ1v) is 6.23. The Bertz CT molecular complexity index is 218. The summed E-state index contributed by atoms with van der Waals surface area (Å²) < 4.78 is 0. The fraction of sp³-hybridized carbons (Fsp3) is 0.917. The molecule has 16 heavy (non-hydrogen) atoms. The number of nitrogens with zero attached hydrogens (tertiary/aromatic N) is 2. The molecule has 0 radical (unpaired) electrons. The molecule has 1 aliphatic rings. The Morgan fingerprint density at radius 2 is 2.19 bits per heavy atom. The standard InChI is InChI=1S/C12H25N3O/c1-14(2)13-12(16)7-5-4-6-11-8-9-15(3)10-11/h11H,4-10H2,1-3H3,(H,13,16). The van der Waals surface area contributed by atoms with Crippen molar-refractivity contribution in [1.82, 2.24) is 15.3 Å². The van der Waals surface area contributed by atoms with Crippen LogP contribution in [0.5, 0.6) is 0 Å². The van der Waals surface area contributed by atoms with Crippen LogP contribution in [0.4, 0.5) is 0 Å². The van der Waals surface area contributed by atoms with Crippen LogP contribution in [0.1, 0.15) is 32.1 Å². The van der Waals surface area contributed by atoms with Gasteiger partial charge in [-0.2, -0.15) is 0 Å². The highest BCUT2D eigenvalue weighted by Crippen LogP contribution is 2.20. The second-order valence-corrected chi connectivity index (χ2v) is 5.09. The van der Waals surface area contributed by atoms with E-state index in [0.717, 1.165) is 12.3 Å². The summed E-state index contributed by atoms with van der Waals surface area (Å²) in [6.07, 6.45) is 5.46. The van der Waals surface area contributed by atoms with Crippen molar-refractivity contribution in [1.29, 1.82) is 0 Å². The Morgan fingerprint density at radius 1 is 1.44 bits per heavy atom. The number of carbonyl (C=O) groups is 1. The molecule has 0 bridgehead atoms. The van der Waals surface area contributed by atoms with E-state index >= 15 is 0 Å². The zero-order chi connectivity index (χ0) is 12.0. The highest BCUT2D eigenvalue weighted by molar-refractivity contribution is 5.75. The molecule has 1 amide bonds. The predicted molar refractivity (Wildman–Crippen MR) is 65.9 cm³/mol. The summed E-state index contributed by atoms with van der Waals surface area (Å²) in [6, 6.07) is 0. The van der Waals surface area contributed by atoms with Gasteiger partial charge in [-0.05, 0) is 38.8 Å². The van der Waals surface area contributed by atoms with Crippen LogP contribution in [-0.4, -0.2) is 50.0 Å². The molecule has 0 aromatic rings. The quantitative estimate of drug-likeness (QED) is 0.545. The molecule has 0 aromatic heterocycles. The van der Waals surface area contributed by atoms with E-state index in [-0.39, 0.29) is 5.91 Å². The molecular weight excluding hydrogens is 202 g/mol. The molecule has 0 spiro atoms. The maximum absolute atomic E-state index is 11.3. The average molecular weight is 227 g/mol. The van der Waals surface area contributed by atoms with Crippen LogP contribution in [0.15, 0.2) is 0 Å². The van der Waals surface area contributed by atoms with Gasteiger partial charge < -0.3 is 4.90 Å². The van der Waals surface area contributed by atoms with Gasteiger partial charge in [0.25, 0.3) is 0 Å². The van der Waals surface area contributed by atoms with E-state index < -0.39 is 0 Å². The molecule has 1 rings (SSSR count). The molecule has 1 atom stereocenters. The number of unbranched alkanes of at least 4 members (excludes halogenated alkanes) is 1. The SMILES string of the molecule is CN1CCC(CCCCC(=O)NN(C)C)C1. The molecule has 0 saturated carbocycles. The summed E-state index contributed by atoms with van der Waals surface area (Å²) in [6.45, 7) is 2.48. The third-order valence-corrected chi connectivity index (χ3v) is 3.10. The van der Waals surface area contributed by atoms with Crippen molar-refractivity contribution in [2.75, 3.05) is 34.2 Å². The zero-order valence-corrected chi connectivity index (χ0v) is 10.8.